The highest BCUT2D eigenvalue weighted by Gasteiger charge is 2.23. The fourth-order valence-corrected chi connectivity index (χ4v) is 0. The van der Waals surface area contributed by atoms with Crippen molar-refractivity contribution in [3.8, 4) is 0 Å². The number of halogens is 9. The third-order valence-corrected chi connectivity index (χ3v) is 1.20. The van der Waals surface area contributed by atoms with Crippen molar-refractivity contribution in [2.24, 2.45) is 0 Å². The fraction of sp³-hybridized carbons (Fsp3) is 1.00. The van der Waals surface area contributed by atoms with Gasteiger partial charge in [0.15, 0.2) is 0 Å². The average molecular weight is 326 g/mol. The molecule has 0 saturated heterocycles. The van der Waals surface area contributed by atoms with Gasteiger partial charge in [0.25, 0.3) is 0 Å². The van der Waals surface area contributed by atoms with Gasteiger partial charge in [-0.05, 0) is 0 Å². The second kappa shape index (κ2) is 13.4. The first-order valence-corrected chi connectivity index (χ1v) is 4.88. The summed E-state index contributed by atoms with van der Waals surface area (Å²) >= 11 is 0. The van der Waals surface area contributed by atoms with Crippen molar-refractivity contribution in [2.45, 2.75) is 73.4 Å². The van der Waals surface area contributed by atoms with Gasteiger partial charge in [-0.25, -0.2) is 0 Å². The maximum atomic E-state index is 10.8. The number of hydrogen-bond acceptors (Lipinski definition) is 0. The zero-order chi connectivity index (χ0) is 15.6. The van der Waals surface area contributed by atoms with E-state index in [2.05, 4.69) is 0 Å². The van der Waals surface area contributed by atoms with Crippen molar-refractivity contribution < 1.29 is 39.5 Å². The van der Waals surface area contributed by atoms with Gasteiger partial charge >= 0.3 is 18.5 Å². The Bertz CT molecular complexity index is 143. The Balaban J connectivity index is -0.0000000536. The Morgan fingerprint density at radius 2 is 0.500 bits per heavy atom. The first-order valence-electron chi connectivity index (χ1n) is 4.88. The molecule has 0 N–H and O–H groups in total. The molecule has 0 aromatic heterocycles. The highest BCUT2D eigenvalue weighted by molar-refractivity contribution is 4.40. The molecule has 0 aliphatic rings. The molecule has 9 heteroatoms. The summed E-state index contributed by atoms with van der Waals surface area (Å²) in [5, 5.41) is 0. The normalized spacial score (nSPS) is 10.8. The zero-order valence-corrected chi connectivity index (χ0v) is 10.0. The zero-order valence-electron chi connectivity index (χ0n) is 10.0. The van der Waals surface area contributed by atoms with E-state index in [0.717, 1.165) is 20.8 Å². The molecule has 0 nitrogen and oxygen atoms in total. The number of rotatable bonds is 0. The summed E-state index contributed by atoms with van der Waals surface area (Å²) in [5.74, 6) is 0. The molecule has 20 heavy (non-hydrogen) atoms. The molecule has 0 rings (SSSR count). The van der Waals surface area contributed by atoms with Crippen LogP contribution >= 0.6 is 0 Å². The molecule has 0 fully saturated rings. The highest BCUT2D eigenvalue weighted by Crippen LogP contribution is 2.18. The third-order valence-electron chi connectivity index (χ3n) is 1.20. The molecule has 0 amide bonds. The van der Waals surface area contributed by atoms with Gasteiger partial charge < -0.3 is 0 Å². The molecule has 0 aromatic rings. The summed E-state index contributed by atoms with van der Waals surface area (Å²) in [5.41, 5.74) is 0. The lowest BCUT2D eigenvalue weighted by molar-refractivity contribution is -0.131. The molecule has 0 unspecified atom stereocenters. The average Bonchev–Trinajstić information content (AvgIpc) is 2.16. The molecule has 0 atom stereocenters. The van der Waals surface area contributed by atoms with Crippen LogP contribution in [0, 0.1) is 0 Å². The predicted molar refractivity (Wildman–Crippen MR) is 62.5 cm³/mol. The van der Waals surface area contributed by atoms with Crippen molar-refractivity contribution in [2.75, 3.05) is 0 Å². The number of alkyl halides is 9. The van der Waals surface area contributed by atoms with E-state index in [9.17, 15) is 39.5 Å². The van der Waals surface area contributed by atoms with E-state index in [1.54, 1.807) is 0 Å². The Morgan fingerprint density at radius 1 is 0.450 bits per heavy atom. The maximum absolute atomic E-state index is 10.8. The van der Waals surface area contributed by atoms with Gasteiger partial charge in [0.1, 0.15) is 0 Å². The Morgan fingerprint density at radius 3 is 0.500 bits per heavy atom. The molecular weight excluding hydrogens is 303 g/mol. The monoisotopic (exact) mass is 326 g/mol. The molecule has 0 aliphatic carbocycles. The van der Waals surface area contributed by atoms with Crippen molar-refractivity contribution in [3.63, 3.8) is 0 Å². The maximum Gasteiger partial charge on any atom is 0.388 e. The SMILES string of the molecule is C.C.CCC(F)(F)F.CCC(F)(F)F.CCC(F)(F)F. The molecule has 0 saturated carbocycles. The summed E-state index contributed by atoms with van der Waals surface area (Å²) in [4.78, 5) is 0. The summed E-state index contributed by atoms with van der Waals surface area (Å²) < 4.78 is 97.1. The van der Waals surface area contributed by atoms with Crippen molar-refractivity contribution in [1.82, 2.24) is 0 Å². The van der Waals surface area contributed by atoms with Crippen LogP contribution in [0.1, 0.15) is 54.9 Å². The van der Waals surface area contributed by atoms with E-state index >= 15 is 0 Å². The van der Waals surface area contributed by atoms with Crippen LogP contribution in [-0.2, 0) is 0 Å². The quantitative estimate of drug-likeness (QED) is 0.415. The van der Waals surface area contributed by atoms with Gasteiger partial charge in [-0.15, -0.1) is 0 Å². The summed E-state index contributed by atoms with van der Waals surface area (Å²) in [7, 11) is 0. The second-order valence-electron chi connectivity index (χ2n) is 2.91. The third kappa shape index (κ3) is 66.4. The van der Waals surface area contributed by atoms with Gasteiger partial charge in [-0.2, -0.15) is 39.5 Å². The molecular formula is C11H23F9. The van der Waals surface area contributed by atoms with Gasteiger partial charge in [0.05, 0.1) is 0 Å². The van der Waals surface area contributed by atoms with E-state index in [-0.39, 0.29) is 14.9 Å². The topological polar surface area (TPSA) is 0 Å². The first kappa shape index (κ1) is 31.7. The van der Waals surface area contributed by atoms with Crippen LogP contribution in [0.15, 0.2) is 0 Å². The first-order chi connectivity index (χ1) is 7.68. The smallest absolute Gasteiger partial charge is 0.171 e. The van der Waals surface area contributed by atoms with E-state index in [1.165, 1.54) is 0 Å². The van der Waals surface area contributed by atoms with Gasteiger partial charge in [0, 0.05) is 19.3 Å². The van der Waals surface area contributed by atoms with Crippen LogP contribution in [-0.4, -0.2) is 18.5 Å². The van der Waals surface area contributed by atoms with E-state index < -0.39 is 37.8 Å². The van der Waals surface area contributed by atoms with Crippen LogP contribution < -0.4 is 0 Å². The van der Waals surface area contributed by atoms with Crippen molar-refractivity contribution in [1.29, 1.82) is 0 Å². The Hall–Kier alpha value is -0.630. The lowest BCUT2D eigenvalue weighted by Crippen LogP contribution is -2.02. The highest BCUT2D eigenvalue weighted by atomic mass is 19.4. The Labute approximate surface area is 114 Å². The molecule has 0 aromatic carbocycles. The molecule has 0 bridgehead atoms. The minimum absolute atomic E-state index is 0. The second-order valence-corrected chi connectivity index (χ2v) is 2.91. The molecule has 0 spiro atoms. The van der Waals surface area contributed by atoms with Crippen molar-refractivity contribution >= 4 is 0 Å². The minimum Gasteiger partial charge on any atom is -0.171 e. The van der Waals surface area contributed by atoms with Crippen LogP contribution in [0.25, 0.3) is 0 Å². The lowest BCUT2D eigenvalue weighted by atomic mass is 10.5. The van der Waals surface area contributed by atoms with E-state index in [0.29, 0.717) is 0 Å². The fourth-order valence-electron chi connectivity index (χ4n) is 0. The largest absolute Gasteiger partial charge is 0.388 e. The van der Waals surface area contributed by atoms with Gasteiger partial charge in [-0.1, -0.05) is 35.6 Å². The van der Waals surface area contributed by atoms with Gasteiger partial charge in [-0.3, -0.25) is 0 Å². The summed E-state index contributed by atoms with van der Waals surface area (Å²) in [6.07, 6.45) is -14.1. The Kier molecular flexibility index (Phi) is 21.1. The molecule has 0 radical (unpaired) electrons. The molecule has 0 aliphatic heterocycles. The van der Waals surface area contributed by atoms with Crippen LogP contribution in [0.5, 0.6) is 0 Å². The standard InChI is InChI=1S/3C3H5F3.2CH4/c3*1-2-3(4,5)6;;/h3*2H2,1H3;2*1H4. The molecule has 130 valence electrons. The lowest BCUT2D eigenvalue weighted by Gasteiger charge is -1.96. The summed E-state index contributed by atoms with van der Waals surface area (Å²) in [6.45, 7) is 3.25. The van der Waals surface area contributed by atoms with Crippen LogP contribution in [0.2, 0.25) is 0 Å². The van der Waals surface area contributed by atoms with Crippen molar-refractivity contribution in [3.05, 3.63) is 0 Å². The molecule has 0 heterocycles. The van der Waals surface area contributed by atoms with E-state index in [1.807, 2.05) is 0 Å². The minimum atomic E-state index is -3.96. The van der Waals surface area contributed by atoms with Crippen LogP contribution in [0.3, 0.4) is 0 Å². The number of hydrogen-bond donors (Lipinski definition) is 0. The predicted octanol–water partition coefficient (Wildman–Crippen LogP) is 7.15. The van der Waals surface area contributed by atoms with Gasteiger partial charge in [0.2, 0.25) is 0 Å². The van der Waals surface area contributed by atoms with Crippen LogP contribution in [0.4, 0.5) is 39.5 Å². The summed E-state index contributed by atoms with van der Waals surface area (Å²) in [6, 6.07) is 0. The van der Waals surface area contributed by atoms with E-state index in [4.69, 9.17) is 0 Å².